The number of nitrogens with one attached hydrogen (secondary N) is 1. The van der Waals surface area contributed by atoms with Crippen molar-refractivity contribution < 1.29 is 9.90 Å². The number of fused-ring (bicyclic) bond motifs is 1. The lowest BCUT2D eigenvalue weighted by Crippen LogP contribution is -2.45. The number of amides is 1. The highest BCUT2D eigenvalue weighted by Gasteiger charge is 2.58. The number of hydrogen-bond donors (Lipinski definition) is 3. The normalized spacial score (nSPS) is 43.3. The van der Waals surface area contributed by atoms with Crippen molar-refractivity contribution in [2.45, 2.75) is 25.0 Å². The Bertz CT molecular complexity index is 321. The summed E-state index contributed by atoms with van der Waals surface area (Å²) in [6, 6.07) is 0.238. The number of carbonyl (C=O) groups is 1. The Morgan fingerprint density at radius 1 is 1.41 bits per heavy atom. The number of rotatable bonds is 4. The maximum absolute atomic E-state index is 11.7. The topological polar surface area (TPSA) is 78.6 Å². The molecule has 5 nitrogen and oxygen atoms in total. The van der Waals surface area contributed by atoms with Crippen molar-refractivity contribution in [2.75, 3.05) is 26.2 Å². The van der Waals surface area contributed by atoms with Crippen molar-refractivity contribution in [2.24, 2.45) is 23.5 Å². The van der Waals surface area contributed by atoms with Crippen LogP contribution >= 0.6 is 0 Å². The predicted molar refractivity (Wildman–Crippen MR) is 63.1 cm³/mol. The Balaban J connectivity index is 1.60. The SMILES string of the molecule is NCCNC(=O)CN1CC2CC3CC2C1C3O. The Morgan fingerprint density at radius 3 is 2.94 bits per heavy atom. The highest BCUT2D eigenvalue weighted by Crippen LogP contribution is 2.54. The molecule has 1 aliphatic heterocycles. The number of likely N-dealkylation sites (tertiary alicyclic amines) is 1. The fourth-order valence-corrected chi connectivity index (χ4v) is 4.17. The second-order valence-corrected chi connectivity index (χ2v) is 5.70. The van der Waals surface area contributed by atoms with Crippen LogP contribution in [0.4, 0.5) is 0 Å². The molecule has 1 heterocycles. The summed E-state index contributed by atoms with van der Waals surface area (Å²) in [5, 5.41) is 13.0. The van der Waals surface area contributed by atoms with Crippen LogP contribution in [0.1, 0.15) is 12.8 Å². The fraction of sp³-hybridized carbons (Fsp3) is 0.917. The van der Waals surface area contributed by atoms with E-state index in [0.29, 0.717) is 31.5 Å². The smallest absolute Gasteiger partial charge is 0.234 e. The van der Waals surface area contributed by atoms with E-state index in [2.05, 4.69) is 10.2 Å². The van der Waals surface area contributed by atoms with Gasteiger partial charge in [0.15, 0.2) is 0 Å². The number of carbonyl (C=O) groups excluding carboxylic acids is 1. The second kappa shape index (κ2) is 4.23. The van der Waals surface area contributed by atoms with Gasteiger partial charge in [0.1, 0.15) is 0 Å². The Kier molecular flexibility index (Phi) is 2.84. The molecule has 5 atom stereocenters. The molecule has 0 spiro atoms. The zero-order valence-electron chi connectivity index (χ0n) is 10.0. The standard InChI is InChI=1S/C12H21N3O2/c13-1-2-14-10(16)6-15-5-8-3-7-4-9(8)11(15)12(7)17/h7-9,11-12,17H,1-6,13H2,(H,14,16). The fourth-order valence-electron chi connectivity index (χ4n) is 4.17. The molecule has 5 unspecified atom stereocenters. The molecule has 0 aromatic heterocycles. The van der Waals surface area contributed by atoms with Crippen molar-refractivity contribution in [3.05, 3.63) is 0 Å². The van der Waals surface area contributed by atoms with Crippen molar-refractivity contribution >= 4 is 5.91 Å². The summed E-state index contributed by atoms with van der Waals surface area (Å²) in [6.45, 7) is 2.42. The van der Waals surface area contributed by atoms with Gasteiger partial charge in [0.05, 0.1) is 12.6 Å². The van der Waals surface area contributed by atoms with Crippen LogP contribution in [-0.2, 0) is 4.79 Å². The second-order valence-electron chi connectivity index (χ2n) is 5.70. The Hall–Kier alpha value is -0.650. The average molecular weight is 239 g/mol. The van der Waals surface area contributed by atoms with Gasteiger partial charge in [0.25, 0.3) is 0 Å². The van der Waals surface area contributed by atoms with Crippen molar-refractivity contribution in [3.63, 3.8) is 0 Å². The van der Waals surface area contributed by atoms with Gasteiger partial charge < -0.3 is 16.2 Å². The highest BCUT2D eigenvalue weighted by molar-refractivity contribution is 5.78. The monoisotopic (exact) mass is 239 g/mol. The first-order valence-corrected chi connectivity index (χ1v) is 6.59. The molecule has 0 aromatic carbocycles. The van der Waals surface area contributed by atoms with Crippen LogP contribution in [0.5, 0.6) is 0 Å². The summed E-state index contributed by atoms with van der Waals surface area (Å²) in [6.07, 6.45) is 2.11. The zero-order valence-corrected chi connectivity index (χ0v) is 10.0. The van der Waals surface area contributed by atoms with Gasteiger partial charge in [-0.15, -0.1) is 0 Å². The van der Waals surface area contributed by atoms with Crippen LogP contribution in [0.25, 0.3) is 0 Å². The van der Waals surface area contributed by atoms with E-state index in [4.69, 9.17) is 5.73 Å². The third-order valence-electron chi connectivity index (χ3n) is 4.76. The molecule has 2 aliphatic carbocycles. The first-order valence-electron chi connectivity index (χ1n) is 6.59. The molecular formula is C12H21N3O2. The van der Waals surface area contributed by atoms with Gasteiger partial charge in [-0.1, -0.05) is 0 Å². The molecule has 0 radical (unpaired) electrons. The van der Waals surface area contributed by atoms with E-state index in [1.165, 1.54) is 0 Å². The summed E-state index contributed by atoms with van der Waals surface area (Å²) in [4.78, 5) is 13.9. The summed E-state index contributed by atoms with van der Waals surface area (Å²) in [5.74, 6) is 1.88. The average Bonchev–Trinajstić information content (AvgIpc) is 2.88. The van der Waals surface area contributed by atoms with E-state index in [9.17, 15) is 9.90 Å². The molecular weight excluding hydrogens is 218 g/mol. The number of nitrogens with two attached hydrogens (primary N) is 1. The first kappa shape index (κ1) is 11.4. The van der Waals surface area contributed by atoms with Crippen LogP contribution in [0.3, 0.4) is 0 Å². The molecule has 2 saturated carbocycles. The lowest BCUT2D eigenvalue weighted by molar-refractivity contribution is -0.122. The van der Waals surface area contributed by atoms with E-state index >= 15 is 0 Å². The molecule has 5 heteroatoms. The van der Waals surface area contributed by atoms with Crippen molar-refractivity contribution in [1.29, 1.82) is 0 Å². The minimum atomic E-state index is -0.207. The van der Waals surface area contributed by atoms with E-state index < -0.39 is 0 Å². The van der Waals surface area contributed by atoms with Crippen LogP contribution < -0.4 is 11.1 Å². The number of hydrogen-bond acceptors (Lipinski definition) is 4. The van der Waals surface area contributed by atoms with Crippen LogP contribution in [0.2, 0.25) is 0 Å². The lowest BCUT2D eigenvalue weighted by Gasteiger charge is -2.28. The van der Waals surface area contributed by atoms with Crippen LogP contribution in [0, 0.1) is 17.8 Å². The number of aliphatic hydroxyl groups excluding tert-OH is 1. The van der Waals surface area contributed by atoms with Gasteiger partial charge in [-0.3, -0.25) is 9.69 Å². The van der Waals surface area contributed by atoms with Gasteiger partial charge in [0, 0.05) is 25.7 Å². The van der Waals surface area contributed by atoms with Crippen LogP contribution in [-0.4, -0.2) is 54.2 Å². The van der Waals surface area contributed by atoms with Gasteiger partial charge in [0.2, 0.25) is 5.91 Å². The summed E-state index contributed by atoms with van der Waals surface area (Å²) >= 11 is 0. The van der Waals surface area contributed by atoms with Crippen molar-refractivity contribution in [3.8, 4) is 0 Å². The van der Waals surface area contributed by atoms with Gasteiger partial charge in [-0.25, -0.2) is 0 Å². The molecule has 4 N–H and O–H groups in total. The molecule has 3 rings (SSSR count). The maximum Gasteiger partial charge on any atom is 0.234 e. The summed E-state index contributed by atoms with van der Waals surface area (Å²) < 4.78 is 0. The third-order valence-corrected chi connectivity index (χ3v) is 4.76. The largest absolute Gasteiger partial charge is 0.391 e. The Labute approximate surface area is 101 Å². The van der Waals surface area contributed by atoms with Crippen molar-refractivity contribution in [1.82, 2.24) is 10.2 Å². The quantitative estimate of drug-likeness (QED) is 0.573. The molecule has 3 fully saturated rings. The van der Waals surface area contributed by atoms with Gasteiger partial charge in [-0.05, 0) is 30.6 Å². The first-order chi connectivity index (χ1) is 8.20. The van der Waals surface area contributed by atoms with Crippen LogP contribution in [0.15, 0.2) is 0 Å². The molecule has 0 aromatic rings. The third kappa shape index (κ3) is 1.77. The highest BCUT2D eigenvalue weighted by atomic mass is 16.3. The maximum atomic E-state index is 11.7. The minimum Gasteiger partial charge on any atom is -0.391 e. The van der Waals surface area contributed by atoms with E-state index in [-0.39, 0.29) is 18.1 Å². The molecule has 96 valence electrons. The van der Waals surface area contributed by atoms with Gasteiger partial charge in [-0.2, -0.15) is 0 Å². The van der Waals surface area contributed by atoms with E-state index in [1.54, 1.807) is 0 Å². The molecule has 1 saturated heterocycles. The summed E-state index contributed by atoms with van der Waals surface area (Å²) in [7, 11) is 0. The number of nitrogens with zero attached hydrogens (tertiary/aromatic N) is 1. The van der Waals surface area contributed by atoms with Gasteiger partial charge >= 0.3 is 0 Å². The zero-order chi connectivity index (χ0) is 12.0. The molecule has 17 heavy (non-hydrogen) atoms. The Morgan fingerprint density at radius 2 is 2.24 bits per heavy atom. The van der Waals surface area contributed by atoms with E-state index in [1.807, 2.05) is 0 Å². The molecule has 3 aliphatic rings. The molecule has 1 amide bonds. The molecule has 2 bridgehead atoms. The lowest BCUT2D eigenvalue weighted by atomic mass is 9.88. The van der Waals surface area contributed by atoms with E-state index in [0.717, 1.165) is 25.3 Å². The predicted octanol–water partition coefficient (Wildman–Crippen LogP) is -1.24. The number of aliphatic hydroxyl groups is 1. The summed E-state index contributed by atoms with van der Waals surface area (Å²) in [5.41, 5.74) is 5.35. The minimum absolute atomic E-state index is 0.0346.